The Morgan fingerprint density at radius 2 is 1.81 bits per heavy atom. The van der Waals surface area contributed by atoms with E-state index >= 15 is 0 Å². The number of hydrogen-bond donors (Lipinski definition) is 8. The van der Waals surface area contributed by atoms with Crippen LogP contribution in [0.3, 0.4) is 0 Å². The molecule has 5 unspecified atom stereocenters. The second-order valence-electron chi connectivity index (χ2n) is 6.17. The molecule has 13 nitrogen and oxygen atoms in total. The zero-order chi connectivity index (χ0) is 20.9. The first-order valence-electron chi connectivity index (χ1n) is 7.83. The fraction of sp³-hybridized carbons (Fsp3) is 0.643. The molecule has 0 aromatic carbocycles. The fourth-order valence-electron chi connectivity index (χ4n) is 2.66. The minimum absolute atomic E-state index is 0.268. The highest BCUT2D eigenvalue weighted by Crippen LogP contribution is 2.23. The first-order valence-corrected chi connectivity index (χ1v) is 7.83. The van der Waals surface area contributed by atoms with Crippen LogP contribution in [0, 0.1) is 5.92 Å². The van der Waals surface area contributed by atoms with E-state index in [1.807, 2.05) is 5.32 Å². The third-order valence-corrected chi connectivity index (χ3v) is 4.14. The molecule has 1 saturated heterocycles. The molecular weight excluding hydrogens is 368 g/mol. The summed E-state index contributed by atoms with van der Waals surface area (Å²) in [4.78, 5) is 59.3. The van der Waals surface area contributed by atoms with Crippen molar-refractivity contribution in [2.45, 2.75) is 36.7 Å². The highest BCUT2D eigenvalue weighted by atomic mass is 16.4. The molecule has 1 aliphatic rings. The van der Waals surface area contributed by atoms with Crippen LogP contribution < -0.4 is 22.1 Å². The zero-order valence-electron chi connectivity index (χ0n) is 14.1. The van der Waals surface area contributed by atoms with Crippen molar-refractivity contribution in [1.29, 1.82) is 0 Å². The number of aliphatic hydroxyl groups excluding tert-OH is 2. The molecular formula is C14H22N4O9. The molecule has 0 spiro atoms. The average molecular weight is 390 g/mol. The van der Waals surface area contributed by atoms with Gasteiger partial charge in [-0.1, -0.05) is 0 Å². The van der Waals surface area contributed by atoms with E-state index in [9.17, 15) is 34.2 Å². The molecule has 152 valence electrons. The number of carbonyl (C=O) groups is 5. The highest BCUT2D eigenvalue weighted by molar-refractivity contribution is 6.25. The van der Waals surface area contributed by atoms with Gasteiger partial charge >= 0.3 is 11.9 Å². The van der Waals surface area contributed by atoms with Gasteiger partial charge in [-0.05, 0) is 0 Å². The lowest BCUT2D eigenvalue weighted by molar-refractivity contribution is -0.156. The molecule has 13 heteroatoms. The molecule has 0 radical (unpaired) electrons. The minimum Gasteiger partial charge on any atom is -0.481 e. The SMILES string of the molecule is NCC1NC(=O)C(C(=O)CC(CC(=O)O)(NC(O)C(N)CO)C(=O)O)C1=O. The van der Waals surface area contributed by atoms with E-state index in [1.54, 1.807) is 0 Å². The fourth-order valence-corrected chi connectivity index (χ4v) is 2.66. The predicted molar refractivity (Wildman–Crippen MR) is 85.9 cm³/mol. The monoisotopic (exact) mass is 390 g/mol. The Balaban J connectivity index is 3.17. The third kappa shape index (κ3) is 5.05. The van der Waals surface area contributed by atoms with E-state index in [-0.39, 0.29) is 6.54 Å². The molecule has 10 N–H and O–H groups in total. The van der Waals surface area contributed by atoms with Crippen molar-refractivity contribution in [3.05, 3.63) is 0 Å². The number of amides is 1. The van der Waals surface area contributed by atoms with Gasteiger partial charge in [-0.25, -0.2) is 0 Å². The molecule has 27 heavy (non-hydrogen) atoms. The van der Waals surface area contributed by atoms with E-state index in [4.69, 9.17) is 21.7 Å². The van der Waals surface area contributed by atoms with Crippen LogP contribution in [0.2, 0.25) is 0 Å². The molecule has 1 fully saturated rings. The molecule has 1 rings (SSSR count). The van der Waals surface area contributed by atoms with Crippen molar-refractivity contribution in [2.24, 2.45) is 17.4 Å². The Labute approximate surface area is 152 Å². The van der Waals surface area contributed by atoms with Crippen molar-refractivity contribution < 1.29 is 44.4 Å². The quantitative estimate of drug-likeness (QED) is 0.122. The normalized spacial score (nSPS) is 24.0. The van der Waals surface area contributed by atoms with Crippen LogP contribution >= 0.6 is 0 Å². The Kier molecular flexibility index (Phi) is 7.50. The summed E-state index contributed by atoms with van der Waals surface area (Å²) in [6.07, 6.45) is -4.17. The summed E-state index contributed by atoms with van der Waals surface area (Å²) in [6, 6.07) is -2.49. The summed E-state index contributed by atoms with van der Waals surface area (Å²) < 4.78 is 0. The number of rotatable bonds is 11. The lowest BCUT2D eigenvalue weighted by Crippen LogP contribution is -2.63. The number of hydrogen-bond acceptors (Lipinski definition) is 10. The Morgan fingerprint density at radius 3 is 2.22 bits per heavy atom. The van der Waals surface area contributed by atoms with Gasteiger partial charge in [-0.3, -0.25) is 29.3 Å². The van der Waals surface area contributed by atoms with Gasteiger partial charge in [-0.2, -0.15) is 0 Å². The van der Waals surface area contributed by atoms with E-state index in [1.165, 1.54) is 0 Å². The average Bonchev–Trinajstić information content (AvgIpc) is 2.86. The molecule has 0 aliphatic carbocycles. The molecule has 1 amide bonds. The summed E-state index contributed by atoms with van der Waals surface area (Å²) in [5, 5.41) is 41.5. The number of nitrogens with two attached hydrogens (primary N) is 2. The van der Waals surface area contributed by atoms with E-state index in [0.29, 0.717) is 0 Å². The van der Waals surface area contributed by atoms with Crippen LogP contribution in [0.15, 0.2) is 0 Å². The van der Waals surface area contributed by atoms with E-state index < -0.39 is 78.6 Å². The number of carbonyl (C=O) groups excluding carboxylic acids is 3. The van der Waals surface area contributed by atoms with Crippen molar-refractivity contribution in [3.63, 3.8) is 0 Å². The van der Waals surface area contributed by atoms with Gasteiger partial charge in [0, 0.05) is 13.0 Å². The van der Waals surface area contributed by atoms with Gasteiger partial charge in [0.05, 0.1) is 19.1 Å². The maximum absolute atomic E-state index is 12.5. The minimum atomic E-state index is -2.57. The second-order valence-corrected chi connectivity index (χ2v) is 6.17. The molecule has 0 aromatic rings. The van der Waals surface area contributed by atoms with Crippen LogP contribution in [-0.2, 0) is 24.0 Å². The maximum atomic E-state index is 12.5. The molecule has 1 heterocycles. The number of aliphatic hydroxyl groups is 2. The molecule has 1 aliphatic heterocycles. The van der Waals surface area contributed by atoms with Crippen LogP contribution in [0.1, 0.15) is 12.8 Å². The van der Waals surface area contributed by atoms with Crippen LogP contribution in [0.4, 0.5) is 0 Å². The summed E-state index contributed by atoms with van der Waals surface area (Å²) in [6.45, 7) is -1.04. The number of ketones is 2. The molecule has 0 aromatic heterocycles. The number of carboxylic acid groups (broad SMARTS) is 2. The smallest absolute Gasteiger partial charge is 0.325 e. The maximum Gasteiger partial charge on any atom is 0.325 e. The molecule has 5 atom stereocenters. The van der Waals surface area contributed by atoms with Gasteiger partial charge < -0.3 is 37.2 Å². The lowest BCUT2D eigenvalue weighted by atomic mass is 9.83. The van der Waals surface area contributed by atoms with Crippen molar-refractivity contribution in [3.8, 4) is 0 Å². The van der Waals surface area contributed by atoms with Crippen LogP contribution in [0.25, 0.3) is 0 Å². The lowest BCUT2D eigenvalue weighted by Gasteiger charge is -2.33. The summed E-state index contributed by atoms with van der Waals surface area (Å²) in [5.41, 5.74) is 8.10. The highest BCUT2D eigenvalue weighted by Gasteiger charge is 2.50. The number of Topliss-reactive ketones (excluding diaryl/α,β-unsaturated/α-hetero) is 2. The van der Waals surface area contributed by atoms with E-state index in [0.717, 1.165) is 0 Å². The molecule has 0 bridgehead atoms. The van der Waals surface area contributed by atoms with Gasteiger partial charge in [0.15, 0.2) is 17.5 Å². The van der Waals surface area contributed by atoms with Gasteiger partial charge in [0.25, 0.3) is 0 Å². The Hall–Kier alpha value is -2.45. The number of nitrogens with one attached hydrogen (secondary N) is 2. The van der Waals surface area contributed by atoms with Gasteiger partial charge in [0.2, 0.25) is 5.91 Å². The van der Waals surface area contributed by atoms with E-state index in [2.05, 4.69) is 5.32 Å². The van der Waals surface area contributed by atoms with Crippen molar-refractivity contribution in [1.82, 2.24) is 10.6 Å². The van der Waals surface area contributed by atoms with Crippen LogP contribution in [-0.4, -0.2) is 86.8 Å². The largest absolute Gasteiger partial charge is 0.481 e. The summed E-state index contributed by atoms with van der Waals surface area (Å²) >= 11 is 0. The Morgan fingerprint density at radius 1 is 1.22 bits per heavy atom. The topological polar surface area (TPSA) is 242 Å². The second kappa shape index (κ2) is 8.96. The third-order valence-electron chi connectivity index (χ3n) is 4.14. The van der Waals surface area contributed by atoms with Gasteiger partial charge in [-0.15, -0.1) is 0 Å². The van der Waals surface area contributed by atoms with Crippen molar-refractivity contribution in [2.75, 3.05) is 13.2 Å². The standard InChI is InChI=1S/C14H22N4O9/c15-3-6-10(23)9(12(25)17-6)7(20)1-14(13(26)27,2-8(21)22)18-11(24)5(16)4-19/h5-6,9,11,18-19,24H,1-4,15-16H2,(H,17,25)(H,21,22)(H,26,27). The summed E-state index contributed by atoms with van der Waals surface area (Å²) in [5.74, 6) is -8.28. The zero-order valence-corrected chi connectivity index (χ0v) is 14.1. The molecule has 0 saturated carbocycles. The van der Waals surface area contributed by atoms with Crippen molar-refractivity contribution >= 4 is 29.4 Å². The van der Waals surface area contributed by atoms with Gasteiger partial charge in [0.1, 0.15) is 17.8 Å². The number of aliphatic carboxylic acids is 2. The predicted octanol–water partition coefficient (Wildman–Crippen LogP) is -4.89. The first-order chi connectivity index (χ1) is 12.5. The Bertz CT molecular complexity index is 640. The first kappa shape index (κ1) is 22.6. The van der Waals surface area contributed by atoms with Crippen LogP contribution in [0.5, 0.6) is 0 Å². The summed E-state index contributed by atoms with van der Waals surface area (Å²) in [7, 11) is 0. The number of carboxylic acids is 2.